The minimum atomic E-state index is -0.393. The molecule has 2 aromatic rings. The second-order valence-corrected chi connectivity index (χ2v) is 5.20. The quantitative estimate of drug-likeness (QED) is 0.755. The maximum atomic E-state index is 12.1. The molecule has 0 radical (unpaired) electrons. The molecule has 2 rings (SSSR count). The molecule has 4 N–H and O–H groups in total. The van der Waals surface area contributed by atoms with Crippen LogP contribution in [0.3, 0.4) is 0 Å². The molecule has 0 aliphatic heterocycles. The molecule has 116 valence electrons. The number of nitrogens with two attached hydrogens (primary N) is 1. The molecular weight excluding hydrogens is 284 g/mol. The van der Waals surface area contributed by atoms with Crippen LogP contribution in [0.15, 0.2) is 16.9 Å². The van der Waals surface area contributed by atoms with E-state index in [2.05, 4.69) is 25.3 Å². The highest BCUT2D eigenvalue weighted by Gasteiger charge is 2.12. The maximum absolute atomic E-state index is 12.1. The molecule has 8 nitrogen and oxygen atoms in total. The molecule has 0 fully saturated rings. The average molecular weight is 302 g/mol. The summed E-state index contributed by atoms with van der Waals surface area (Å²) in [6.45, 7) is 5.70. The zero-order valence-corrected chi connectivity index (χ0v) is 12.7. The van der Waals surface area contributed by atoms with E-state index in [1.54, 1.807) is 13.0 Å². The first-order valence-corrected chi connectivity index (χ1v) is 6.84. The van der Waals surface area contributed by atoms with Crippen molar-refractivity contribution >= 4 is 11.9 Å². The van der Waals surface area contributed by atoms with Crippen LogP contribution in [0.2, 0.25) is 0 Å². The summed E-state index contributed by atoms with van der Waals surface area (Å²) in [4.78, 5) is 38.2. The summed E-state index contributed by atoms with van der Waals surface area (Å²) in [5.74, 6) is 0.288. The van der Waals surface area contributed by atoms with E-state index >= 15 is 0 Å². The third-order valence-electron chi connectivity index (χ3n) is 2.93. The van der Waals surface area contributed by atoms with E-state index in [0.29, 0.717) is 17.2 Å². The van der Waals surface area contributed by atoms with Crippen LogP contribution < -0.4 is 16.6 Å². The van der Waals surface area contributed by atoms with Crippen molar-refractivity contribution in [2.75, 3.05) is 5.73 Å². The highest BCUT2D eigenvalue weighted by molar-refractivity contribution is 5.92. The number of nitrogens with zero attached hydrogens (tertiary/aromatic N) is 3. The lowest BCUT2D eigenvalue weighted by molar-refractivity contribution is 0.0945. The van der Waals surface area contributed by atoms with Crippen LogP contribution in [0.5, 0.6) is 0 Å². The lowest BCUT2D eigenvalue weighted by atomic mass is 10.1. The summed E-state index contributed by atoms with van der Waals surface area (Å²) in [6.07, 6.45) is 0. The third kappa shape index (κ3) is 3.87. The highest BCUT2D eigenvalue weighted by Crippen LogP contribution is 2.13. The Morgan fingerprint density at radius 2 is 2.05 bits per heavy atom. The predicted octanol–water partition coefficient (Wildman–Crippen LogP) is 0.504. The van der Waals surface area contributed by atoms with Crippen LogP contribution in [-0.2, 0) is 6.54 Å². The summed E-state index contributed by atoms with van der Waals surface area (Å²) >= 11 is 0. The zero-order valence-electron chi connectivity index (χ0n) is 12.7. The Hall–Kier alpha value is -2.77. The van der Waals surface area contributed by atoms with E-state index < -0.39 is 5.91 Å². The number of nitrogen functional groups attached to an aromatic ring is 1. The van der Waals surface area contributed by atoms with Gasteiger partial charge in [0.25, 0.3) is 11.5 Å². The number of aromatic amines is 1. The van der Waals surface area contributed by atoms with E-state index in [-0.39, 0.29) is 29.7 Å². The van der Waals surface area contributed by atoms with Gasteiger partial charge in [0.15, 0.2) is 0 Å². The third-order valence-corrected chi connectivity index (χ3v) is 2.93. The fourth-order valence-electron chi connectivity index (χ4n) is 1.89. The Balaban J connectivity index is 2.14. The molecule has 0 aliphatic carbocycles. The molecule has 2 heterocycles. The van der Waals surface area contributed by atoms with Gasteiger partial charge in [-0.3, -0.25) is 9.59 Å². The number of aromatic nitrogens is 4. The minimum absolute atomic E-state index is 0.0569. The number of amides is 1. The van der Waals surface area contributed by atoms with Gasteiger partial charge in [-0.15, -0.1) is 0 Å². The SMILES string of the molecule is Cc1nc(CNC(=O)c2cc(C(C)C)nc(N)n2)cc(=O)[nH]1. The Labute approximate surface area is 127 Å². The van der Waals surface area contributed by atoms with Crippen molar-refractivity contribution in [3.05, 3.63) is 45.4 Å². The fraction of sp³-hybridized carbons (Fsp3) is 0.357. The van der Waals surface area contributed by atoms with Gasteiger partial charge in [-0.1, -0.05) is 13.8 Å². The lowest BCUT2D eigenvalue weighted by Crippen LogP contribution is -2.26. The molecule has 1 amide bonds. The van der Waals surface area contributed by atoms with Gasteiger partial charge >= 0.3 is 0 Å². The first-order chi connectivity index (χ1) is 10.3. The predicted molar refractivity (Wildman–Crippen MR) is 81.3 cm³/mol. The molecule has 0 bridgehead atoms. The van der Waals surface area contributed by atoms with Crippen molar-refractivity contribution in [2.45, 2.75) is 33.2 Å². The second-order valence-electron chi connectivity index (χ2n) is 5.20. The van der Waals surface area contributed by atoms with E-state index in [0.717, 1.165) is 0 Å². The van der Waals surface area contributed by atoms with E-state index in [1.807, 2.05) is 13.8 Å². The molecule has 0 unspecified atom stereocenters. The van der Waals surface area contributed by atoms with Crippen molar-refractivity contribution in [3.8, 4) is 0 Å². The summed E-state index contributed by atoms with van der Waals surface area (Å²) in [6, 6.07) is 2.94. The smallest absolute Gasteiger partial charge is 0.270 e. The van der Waals surface area contributed by atoms with Crippen LogP contribution in [-0.4, -0.2) is 25.8 Å². The number of rotatable bonds is 4. The number of anilines is 1. The van der Waals surface area contributed by atoms with Gasteiger partial charge in [-0.05, 0) is 18.9 Å². The number of H-pyrrole nitrogens is 1. The first-order valence-electron chi connectivity index (χ1n) is 6.84. The van der Waals surface area contributed by atoms with E-state index in [9.17, 15) is 9.59 Å². The number of carbonyl (C=O) groups excluding carboxylic acids is 1. The molecule has 22 heavy (non-hydrogen) atoms. The van der Waals surface area contributed by atoms with Crippen LogP contribution in [0, 0.1) is 6.92 Å². The molecule has 0 spiro atoms. The molecule has 2 aromatic heterocycles. The van der Waals surface area contributed by atoms with E-state index in [4.69, 9.17) is 5.73 Å². The maximum Gasteiger partial charge on any atom is 0.270 e. The molecular formula is C14H18N6O2. The fourth-order valence-corrected chi connectivity index (χ4v) is 1.89. The van der Waals surface area contributed by atoms with Crippen LogP contribution in [0.1, 0.15) is 47.5 Å². The largest absolute Gasteiger partial charge is 0.368 e. The van der Waals surface area contributed by atoms with E-state index in [1.165, 1.54) is 6.07 Å². The standard InChI is InChI=1S/C14H18N6O2/c1-7(2)10-5-11(20-14(15)19-10)13(22)16-6-9-4-12(21)18-8(3)17-9/h4-5,7H,6H2,1-3H3,(H,16,22)(H2,15,19,20)(H,17,18,21). The Morgan fingerprint density at radius 1 is 1.32 bits per heavy atom. The molecule has 0 aromatic carbocycles. The lowest BCUT2D eigenvalue weighted by Gasteiger charge is -2.09. The summed E-state index contributed by atoms with van der Waals surface area (Å²) in [5.41, 5.74) is 6.73. The Morgan fingerprint density at radius 3 is 2.68 bits per heavy atom. The van der Waals surface area contributed by atoms with Crippen LogP contribution >= 0.6 is 0 Å². The van der Waals surface area contributed by atoms with Crippen molar-refractivity contribution in [1.82, 2.24) is 25.3 Å². The van der Waals surface area contributed by atoms with Gasteiger partial charge in [-0.25, -0.2) is 15.0 Å². The summed E-state index contributed by atoms with van der Waals surface area (Å²) < 4.78 is 0. The van der Waals surface area contributed by atoms with Crippen molar-refractivity contribution in [1.29, 1.82) is 0 Å². The number of nitrogens with one attached hydrogen (secondary N) is 2. The summed E-state index contributed by atoms with van der Waals surface area (Å²) in [7, 11) is 0. The van der Waals surface area contributed by atoms with Crippen LogP contribution in [0.25, 0.3) is 0 Å². The summed E-state index contributed by atoms with van der Waals surface area (Å²) in [5, 5.41) is 2.66. The van der Waals surface area contributed by atoms with Gasteiger partial charge in [0, 0.05) is 11.8 Å². The number of hydrogen-bond donors (Lipinski definition) is 3. The Bertz CT molecular complexity index is 753. The molecule has 0 aliphatic rings. The number of hydrogen-bond acceptors (Lipinski definition) is 6. The van der Waals surface area contributed by atoms with Crippen molar-refractivity contribution in [2.24, 2.45) is 0 Å². The first kappa shape index (κ1) is 15.6. The normalized spacial score (nSPS) is 10.7. The van der Waals surface area contributed by atoms with Gasteiger partial charge in [-0.2, -0.15) is 0 Å². The van der Waals surface area contributed by atoms with Crippen molar-refractivity contribution < 1.29 is 4.79 Å². The topological polar surface area (TPSA) is 127 Å². The molecule has 8 heteroatoms. The molecule has 0 saturated heterocycles. The van der Waals surface area contributed by atoms with Gasteiger partial charge in [0.05, 0.1) is 12.2 Å². The zero-order chi connectivity index (χ0) is 16.3. The Kier molecular flexibility index (Phi) is 4.50. The van der Waals surface area contributed by atoms with Crippen molar-refractivity contribution in [3.63, 3.8) is 0 Å². The highest BCUT2D eigenvalue weighted by atomic mass is 16.2. The monoisotopic (exact) mass is 302 g/mol. The molecule has 0 saturated carbocycles. The van der Waals surface area contributed by atoms with Gasteiger partial charge in [0.2, 0.25) is 5.95 Å². The van der Waals surface area contributed by atoms with Gasteiger partial charge in [0.1, 0.15) is 11.5 Å². The van der Waals surface area contributed by atoms with Crippen LogP contribution in [0.4, 0.5) is 5.95 Å². The second kappa shape index (κ2) is 6.33. The van der Waals surface area contributed by atoms with Gasteiger partial charge < -0.3 is 16.0 Å². The number of carbonyl (C=O) groups is 1. The molecule has 0 atom stereocenters. The minimum Gasteiger partial charge on any atom is -0.368 e. The number of aryl methyl sites for hydroxylation is 1. The average Bonchev–Trinajstić information content (AvgIpc) is 2.43.